The van der Waals surface area contributed by atoms with Gasteiger partial charge >= 0.3 is 12.1 Å². The quantitative estimate of drug-likeness (QED) is 0.508. The molecule has 3 fully saturated rings. The molecule has 1 saturated carbocycles. The molecule has 0 aromatic rings. The third-order valence-corrected chi connectivity index (χ3v) is 6.08. The molecule has 7 heteroatoms. The third kappa shape index (κ3) is 5.38. The first-order valence-electron chi connectivity index (χ1n) is 10.8. The average molecular weight is 396 g/mol. The summed E-state index contributed by atoms with van der Waals surface area (Å²) in [6.45, 7) is 14.3. The van der Waals surface area contributed by atoms with E-state index in [1.807, 2.05) is 25.7 Å². The Morgan fingerprint density at radius 1 is 1.07 bits per heavy atom. The lowest BCUT2D eigenvalue weighted by Gasteiger charge is -2.61. The third-order valence-electron chi connectivity index (χ3n) is 6.08. The Morgan fingerprint density at radius 2 is 1.71 bits per heavy atom. The number of rotatable bonds is 6. The molecule has 160 valence electrons. The van der Waals surface area contributed by atoms with E-state index >= 15 is 0 Å². The van der Waals surface area contributed by atoms with Gasteiger partial charge in [-0.25, -0.2) is 4.79 Å². The van der Waals surface area contributed by atoms with Gasteiger partial charge in [-0.3, -0.25) is 14.6 Å². The molecule has 0 N–H and O–H groups in total. The molecule has 0 aromatic carbocycles. The summed E-state index contributed by atoms with van der Waals surface area (Å²) >= 11 is 0. The van der Waals surface area contributed by atoms with Gasteiger partial charge in [0.25, 0.3) is 0 Å². The monoisotopic (exact) mass is 395 g/mol. The van der Waals surface area contributed by atoms with Crippen molar-refractivity contribution in [1.82, 2.24) is 14.7 Å². The molecule has 3 aliphatic rings. The lowest BCUT2D eigenvalue weighted by molar-refractivity contribution is -0.146. The second-order valence-electron chi connectivity index (χ2n) is 9.78. The molecule has 0 bridgehead atoms. The molecule has 7 nitrogen and oxygen atoms in total. The summed E-state index contributed by atoms with van der Waals surface area (Å²) in [7, 11) is 0. The number of hydrogen-bond donors (Lipinski definition) is 0. The van der Waals surface area contributed by atoms with Gasteiger partial charge in [0.05, 0.1) is 13.2 Å². The summed E-state index contributed by atoms with van der Waals surface area (Å²) in [5, 5.41) is 0. The van der Waals surface area contributed by atoms with Crippen LogP contribution in [0.5, 0.6) is 0 Å². The van der Waals surface area contributed by atoms with E-state index in [1.54, 1.807) is 0 Å². The lowest BCUT2D eigenvalue weighted by atomic mass is 9.60. The van der Waals surface area contributed by atoms with E-state index in [-0.39, 0.29) is 12.1 Å². The largest absolute Gasteiger partial charge is 0.465 e. The van der Waals surface area contributed by atoms with Crippen LogP contribution in [0.15, 0.2) is 0 Å². The van der Waals surface area contributed by atoms with Crippen LogP contribution < -0.4 is 0 Å². The highest BCUT2D eigenvalue weighted by Crippen LogP contribution is 2.50. The second-order valence-corrected chi connectivity index (χ2v) is 9.78. The summed E-state index contributed by atoms with van der Waals surface area (Å²) in [4.78, 5) is 30.6. The van der Waals surface area contributed by atoms with Crippen molar-refractivity contribution in [2.45, 2.75) is 65.0 Å². The van der Waals surface area contributed by atoms with E-state index in [1.165, 1.54) is 12.8 Å². The highest BCUT2D eigenvalue weighted by atomic mass is 16.6. The molecule has 0 unspecified atom stereocenters. The number of hydrogen-bond acceptors (Lipinski definition) is 6. The van der Waals surface area contributed by atoms with Crippen molar-refractivity contribution in [1.29, 1.82) is 0 Å². The van der Waals surface area contributed by atoms with Crippen LogP contribution in [-0.2, 0) is 14.3 Å². The summed E-state index contributed by atoms with van der Waals surface area (Å²) in [5.74, 6) is -0.0961. The van der Waals surface area contributed by atoms with Gasteiger partial charge in [0.1, 0.15) is 5.60 Å². The Kier molecular flexibility index (Phi) is 6.54. The van der Waals surface area contributed by atoms with Crippen LogP contribution in [0.4, 0.5) is 4.79 Å². The highest BCUT2D eigenvalue weighted by Gasteiger charge is 2.55. The predicted molar refractivity (Wildman–Crippen MR) is 107 cm³/mol. The zero-order valence-electron chi connectivity index (χ0n) is 18.0. The van der Waals surface area contributed by atoms with Crippen LogP contribution in [0.1, 0.15) is 53.4 Å². The highest BCUT2D eigenvalue weighted by molar-refractivity contribution is 5.71. The van der Waals surface area contributed by atoms with Gasteiger partial charge in [0, 0.05) is 50.7 Å². The first-order chi connectivity index (χ1) is 13.2. The maximum absolute atomic E-state index is 12.1. The molecule has 1 spiro atoms. The minimum Gasteiger partial charge on any atom is -0.465 e. The van der Waals surface area contributed by atoms with Gasteiger partial charge in [0.2, 0.25) is 0 Å². The van der Waals surface area contributed by atoms with Gasteiger partial charge in [-0.05, 0) is 40.0 Å². The van der Waals surface area contributed by atoms with Crippen LogP contribution in [0.3, 0.4) is 0 Å². The zero-order valence-corrected chi connectivity index (χ0v) is 18.0. The van der Waals surface area contributed by atoms with Crippen molar-refractivity contribution in [2.75, 3.05) is 52.4 Å². The number of esters is 1. The zero-order chi connectivity index (χ0) is 20.4. The van der Waals surface area contributed by atoms with E-state index < -0.39 is 5.60 Å². The number of unbranched alkanes of at least 4 members (excludes halogenated alkanes) is 1. The molecule has 2 aliphatic heterocycles. The Balaban J connectivity index is 1.31. The summed E-state index contributed by atoms with van der Waals surface area (Å²) in [6.07, 6.45) is 4.15. The van der Waals surface area contributed by atoms with E-state index in [2.05, 4.69) is 16.7 Å². The number of piperazine rings is 1. The van der Waals surface area contributed by atoms with Crippen LogP contribution in [0, 0.1) is 5.41 Å². The molecule has 1 aliphatic carbocycles. The summed E-state index contributed by atoms with van der Waals surface area (Å²) in [5.41, 5.74) is -0.105. The average Bonchev–Trinajstić information content (AvgIpc) is 2.52. The number of carbonyl (C=O) groups is 2. The normalized spacial score (nSPS) is 23.2. The smallest absolute Gasteiger partial charge is 0.410 e. The molecule has 0 radical (unpaired) electrons. The van der Waals surface area contributed by atoms with Crippen molar-refractivity contribution >= 4 is 12.1 Å². The topological polar surface area (TPSA) is 62.3 Å². The van der Waals surface area contributed by atoms with E-state index in [4.69, 9.17) is 9.47 Å². The molecule has 28 heavy (non-hydrogen) atoms. The van der Waals surface area contributed by atoms with Crippen LogP contribution in [0.25, 0.3) is 0 Å². The molecule has 3 rings (SSSR count). The Hall–Kier alpha value is -1.34. The summed E-state index contributed by atoms with van der Waals surface area (Å²) < 4.78 is 10.7. The maximum Gasteiger partial charge on any atom is 0.410 e. The van der Waals surface area contributed by atoms with Gasteiger partial charge in [-0.2, -0.15) is 0 Å². The number of nitrogens with zero attached hydrogens (tertiary/aromatic N) is 3. The Morgan fingerprint density at radius 3 is 2.29 bits per heavy atom. The summed E-state index contributed by atoms with van der Waals surface area (Å²) in [6, 6.07) is 0.624. The van der Waals surface area contributed by atoms with Crippen molar-refractivity contribution in [3.05, 3.63) is 0 Å². The van der Waals surface area contributed by atoms with Crippen molar-refractivity contribution in [3.63, 3.8) is 0 Å². The molecule has 2 heterocycles. The molecule has 0 atom stereocenters. The number of carbonyl (C=O) groups excluding carboxylic acids is 2. The Bertz CT molecular complexity index is 552. The van der Waals surface area contributed by atoms with Crippen molar-refractivity contribution in [3.8, 4) is 0 Å². The van der Waals surface area contributed by atoms with E-state index in [9.17, 15) is 9.59 Å². The first kappa shape index (κ1) is 21.4. The fourth-order valence-corrected chi connectivity index (χ4v) is 4.52. The molecular formula is C21H37N3O4. The van der Waals surface area contributed by atoms with E-state index in [0.29, 0.717) is 24.6 Å². The predicted octanol–water partition coefficient (Wildman–Crippen LogP) is 2.35. The number of ether oxygens (including phenoxy) is 2. The number of likely N-dealkylation sites (tertiary alicyclic amines) is 1. The van der Waals surface area contributed by atoms with Gasteiger partial charge in [0.15, 0.2) is 0 Å². The van der Waals surface area contributed by atoms with Crippen LogP contribution in [-0.4, -0.2) is 90.8 Å². The SMILES string of the molecule is CCCCOC(=O)CN1CCN(C2CC3(C2)CN(C(=O)OC(C)(C)C)C3)CC1. The van der Waals surface area contributed by atoms with E-state index in [0.717, 1.165) is 52.1 Å². The van der Waals surface area contributed by atoms with Gasteiger partial charge in [-0.15, -0.1) is 0 Å². The number of amides is 1. The van der Waals surface area contributed by atoms with Crippen LogP contribution >= 0.6 is 0 Å². The lowest BCUT2D eigenvalue weighted by Crippen LogP contribution is -2.69. The van der Waals surface area contributed by atoms with Crippen LogP contribution in [0.2, 0.25) is 0 Å². The molecule has 1 amide bonds. The fourth-order valence-electron chi connectivity index (χ4n) is 4.52. The van der Waals surface area contributed by atoms with Gasteiger partial charge < -0.3 is 14.4 Å². The van der Waals surface area contributed by atoms with Crippen molar-refractivity contribution < 1.29 is 19.1 Å². The standard InChI is InChI=1S/C21H37N3O4/c1-5-6-11-27-18(25)14-22-7-9-23(10-8-22)17-12-21(13-17)15-24(16-21)19(26)28-20(2,3)4/h17H,5-16H2,1-4H3. The molecular weight excluding hydrogens is 358 g/mol. The van der Waals surface area contributed by atoms with Gasteiger partial charge in [-0.1, -0.05) is 13.3 Å². The molecule has 2 saturated heterocycles. The first-order valence-corrected chi connectivity index (χ1v) is 10.8. The van der Waals surface area contributed by atoms with Crippen molar-refractivity contribution in [2.24, 2.45) is 5.41 Å². The maximum atomic E-state index is 12.1. The Labute approximate surface area is 169 Å². The minimum absolute atomic E-state index is 0.0961. The fraction of sp³-hybridized carbons (Fsp3) is 0.905. The molecule has 0 aromatic heterocycles. The second kappa shape index (κ2) is 8.57. The minimum atomic E-state index is -0.427.